The second-order valence-electron chi connectivity index (χ2n) is 9.35. The highest BCUT2D eigenvalue weighted by atomic mass is 16.2. The number of pyridine rings is 1. The molecule has 0 aliphatic heterocycles. The molecule has 2 aromatic rings. The van der Waals surface area contributed by atoms with E-state index in [1.54, 1.807) is 48.7 Å². The lowest BCUT2D eigenvalue weighted by atomic mass is 9.49. The fraction of sp³-hybridized carbons (Fsp3) is 0.417. The summed E-state index contributed by atoms with van der Waals surface area (Å²) in [5, 5.41) is 2.75. The molecule has 3 amide bonds. The third-order valence-electron chi connectivity index (χ3n) is 7.11. The number of hydrogen-bond acceptors (Lipinski definition) is 4. The maximum absolute atomic E-state index is 13.0. The Labute approximate surface area is 181 Å². The largest absolute Gasteiger partial charge is 0.321 e. The van der Waals surface area contributed by atoms with Crippen molar-refractivity contribution in [3.05, 3.63) is 59.9 Å². The molecule has 0 saturated heterocycles. The fourth-order valence-electron chi connectivity index (χ4n) is 6.10. The Hall–Kier alpha value is -3.22. The summed E-state index contributed by atoms with van der Waals surface area (Å²) in [6.45, 7) is 0. The van der Waals surface area contributed by atoms with Crippen molar-refractivity contribution in [1.82, 2.24) is 15.8 Å². The standard InChI is InChI=1S/C24H26N4O3/c29-21(18-4-6-19(7-5-18)26-22(30)20-3-1-2-8-25-20)27-28-23(31)24-12-15-9-16(13-24)11-17(10-15)14-24/h1-8,15-17H,9-14H2,(H,26,30)(H,27,29)(H,28,31). The van der Waals surface area contributed by atoms with E-state index < -0.39 is 0 Å². The normalized spacial score (nSPS) is 28.1. The van der Waals surface area contributed by atoms with Crippen molar-refractivity contribution in [2.45, 2.75) is 38.5 Å². The van der Waals surface area contributed by atoms with Gasteiger partial charge in [-0.2, -0.15) is 0 Å². The molecule has 0 atom stereocenters. The zero-order chi connectivity index (χ0) is 21.4. The molecule has 3 N–H and O–H groups in total. The van der Waals surface area contributed by atoms with Crippen molar-refractivity contribution in [3.63, 3.8) is 0 Å². The summed E-state index contributed by atoms with van der Waals surface area (Å²) >= 11 is 0. The predicted octanol–water partition coefficient (Wildman–Crippen LogP) is 3.31. The van der Waals surface area contributed by atoms with Crippen LogP contribution in [0.5, 0.6) is 0 Å². The van der Waals surface area contributed by atoms with Crippen LogP contribution in [0.15, 0.2) is 48.7 Å². The van der Waals surface area contributed by atoms with Crippen molar-refractivity contribution >= 4 is 23.4 Å². The third kappa shape index (κ3) is 3.92. The molecule has 0 spiro atoms. The second kappa shape index (κ2) is 7.80. The summed E-state index contributed by atoms with van der Waals surface area (Å²) in [4.78, 5) is 41.7. The number of hydrogen-bond donors (Lipinski definition) is 3. The second-order valence-corrected chi connectivity index (χ2v) is 9.35. The number of hydrazine groups is 1. The number of aromatic nitrogens is 1. The lowest BCUT2D eigenvalue weighted by Crippen LogP contribution is -2.56. The topological polar surface area (TPSA) is 100 Å². The van der Waals surface area contributed by atoms with Gasteiger partial charge in [-0.25, -0.2) is 0 Å². The number of carbonyl (C=O) groups excluding carboxylic acids is 3. The third-order valence-corrected chi connectivity index (χ3v) is 7.11. The average molecular weight is 418 g/mol. The Bertz CT molecular complexity index is 968. The summed E-state index contributed by atoms with van der Waals surface area (Å²) in [7, 11) is 0. The van der Waals surface area contributed by atoms with E-state index in [0.29, 0.717) is 34.7 Å². The summed E-state index contributed by atoms with van der Waals surface area (Å²) in [6.07, 6.45) is 8.20. The molecule has 1 aromatic heterocycles. The van der Waals surface area contributed by atoms with E-state index in [4.69, 9.17) is 0 Å². The molecule has 0 unspecified atom stereocenters. The fourth-order valence-corrected chi connectivity index (χ4v) is 6.10. The van der Waals surface area contributed by atoms with E-state index in [1.165, 1.54) is 19.3 Å². The molecule has 160 valence electrons. The summed E-state index contributed by atoms with van der Waals surface area (Å²) in [5.74, 6) is 1.27. The van der Waals surface area contributed by atoms with Gasteiger partial charge in [0.05, 0.1) is 5.41 Å². The Morgan fingerprint density at radius 3 is 2.03 bits per heavy atom. The first-order valence-corrected chi connectivity index (χ1v) is 10.9. The van der Waals surface area contributed by atoms with Gasteiger partial charge in [-0.15, -0.1) is 0 Å². The van der Waals surface area contributed by atoms with Gasteiger partial charge in [0.15, 0.2) is 0 Å². The highest BCUT2D eigenvalue weighted by Crippen LogP contribution is 2.60. The van der Waals surface area contributed by atoms with Crippen LogP contribution in [0.2, 0.25) is 0 Å². The molecule has 1 heterocycles. The number of nitrogens with zero attached hydrogens (tertiary/aromatic N) is 1. The molecule has 4 aliphatic carbocycles. The Balaban J connectivity index is 1.17. The zero-order valence-corrected chi connectivity index (χ0v) is 17.3. The maximum Gasteiger partial charge on any atom is 0.274 e. The lowest BCUT2D eigenvalue weighted by molar-refractivity contribution is -0.147. The molecular weight excluding hydrogens is 392 g/mol. The first-order chi connectivity index (χ1) is 15.0. The molecule has 4 fully saturated rings. The van der Waals surface area contributed by atoms with Gasteiger partial charge in [-0.05, 0) is 92.7 Å². The summed E-state index contributed by atoms with van der Waals surface area (Å²) < 4.78 is 0. The molecule has 0 radical (unpaired) electrons. The number of benzene rings is 1. The van der Waals surface area contributed by atoms with Crippen LogP contribution in [0.4, 0.5) is 5.69 Å². The van der Waals surface area contributed by atoms with Crippen molar-refractivity contribution in [1.29, 1.82) is 0 Å². The van der Waals surface area contributed by atoms with Crippen molar-refractivity contribution in [3.8, 4) is 0 Å². The van der Waals surface area contributed by atoms with Gasteiger partial charge in [-0.1, -0.05) is 6.07 Å². The van der Waals surface area contributed by atoms with Crippen LogP contribution in [0.3, 0.4) is 0 Å². The van der Waals surface area contributed by atoms with Crippen LogP contribution >= 0.6 is 0 Å². The first kappa shape index (κ1) is 19.7. The van der Waals surface area contributed by atoms with E-state index in [1.807, 2.05) is 0 Å². The van der Waals surface area contributed by atoms with Gasteiger partial charge in [0.2, 0.25) is 5.91 Å². The van der Waals surface area contributed by atoms with Gasteiger partial charge in [0, 0.05) is 17.4 Å². The van der Waals surface area contributed by atoms with Crippen molar-refractivity contribution < 1.29 is 14.4 Å². The molecule has 1 aromatic carbocycles. The molecule has 4 saturated carbocycles. The number of nitrogens with one attached hydrogen (secondary N) is 3. The van der Waals surface area contributed by atoms with E-state index in [2.05, 4.69) is 21.2 Å². The Morgan fingerprint density at radius 2 is 1.45 bits per heavy atom. The van der Waals surface area contributed by atoms with Crippen LogP contribution in [0.25, 0.3) is 0 Å². The SMILES string of the molecule is O=C(NNC(=O)C12CC3CC(CC(C3)C1)C2)c1ccc(NC(=O)c2ccccn2)cc1. The van der Waals surface area contributed by atoms with Gasteiger partial charge < -0.3 is 5.32 Å². The van der Waals surface area contributed by atoms with Crippen molar-refractivity contribution in [2.24, 2.45) is 23.2 Å². The predicted molar refractivity (Wildman–Crippen MR) is 115 cm³/mol. The minimum atomic E-state index is -0.374. The highest BCUT2D eigenvalue weighted by molar-refractivity contribution is 6.03. The Kier molecular flexibility index (Phi) is 4.96. The van der Waals surface area contributed by atoms with Crippen LogP contribution in [0, 0.1) is 23.2 Å². The van der Waals surface area contributed by atoms with E-state index >= 15 is 0 Å². The van der Waals surface area contributed by atoms with Crippen molar-refractivity contribution in [2.75, 3.05) is 5.32 Å². The van der Waals surface area contributed by atoms with Crippen LogP contribution in [-0.2, 0) is 4.79 Å². The molecule has 7 nitrogen and oxygen atoms in total. The monoisotopic (exact) mass is 418 g/mol. The number of rotatable bonds is 4. The highest BCUT2D eigenvalue weighted by Gasteiger charge is 2.54. The molecule has 4 aliphatic rings. The van der Waals surface area contributed by atoms with E-state index in [-0.39, 0.29) is 23.1 Å². The Morgan fingerprint density at radius 1 is 0.806 bits per heavy atom. The molecule has 7 heteroatoms. The van der Waals surface area contributed by atoms with E-state index in [0.717, 1.165) is 19.3 Å². The maximum atomic E-state index is 13.0. The number of anilines is 1. The molecular formula is C24H26N4O3. The average Bonchev–Trinajstić information content (AvgIpc) is 2.77. The molecule has 4 bridgehead atoms. The van der Waals surface area contributed by atoms with Crippen LogP contribution in [0.1, 0.15) is 59.4 Å². The number of amides is 3. The van der Waals surface area contributed by atoms with Crippen LogP contribution < -0.4 is 16.2 Å². The van der Waals surface area contributed by atoms with Gasteiger partial charge in [-0.3, -0.25) is 30.2 Å². The molecule has 6 rings (SSSR count). The minimum absolute atomic E-state index is 0.0424. The van der Waals surface area contributed by atoms with Gasteiger partial charge >= 0.3 is 0 Å². The summed E-state index contributed by atoms with van der Waals surface area (Å²) in [5.41, 5.74) is 6.24. The quantitative estimate of drug-likeness (QED) is 0.663. The zero-order valence-electron chi connectivity index (χ0n) is 17.3. The summed E-state index contributed by atoms with van der Waals surface area (Å²) in [6, 6.07) is 11.6. The smallest absolute Gasteiger partial charge is 0.274 e. The first-order valence-electron chi connectivity index (χ1n) is 10.9. The minimum Gasteiger partial charge on any atom is -0.321 e. The van der Waals surface area contributed by atoms with Gasteiger partial charge in [0.1, 0.15) is 5.69 Å². The molecule has 31 heavy (non-hydrogen) atoms. The number of carbonyl (C=O) groups is 3. The van der Waals surface area contributed by atoms with E-state index in [9.17, 15) is 14.4 Å². The van der Waals surface area contributed by atoms with Gasteiger partial charge in [0.25, 0.3) is 11.8 Å². The van der Waals surface area contributed by atoms with Crippen LogP contribution in [-0.4, -0.2) is 22.7 Å². The lowest BCUT2D eigenvalue weighted by Gasteiger charge is -2.55.